The highest BCUT2D eigenvalue weighted by atomic mass is 35.5. The molecule has 0 aromatic heterocycles. The molecule has 0 bridgehead atoms. The second-order valence-corrected chi connectivity index (χ2v) is 8.53. The van der Waals surface area contributed by atoms with E-state index >= 15 is 0 Å². The summed E-state index contributed by atoms with van der Waals surface area (Å²) in [7, 11) is 0. The summed E-state index contributed by atoms with van der Waals surface area (Å²) in [6.07, 6.45) is 3.58. The maximum atomic E-state index is 12.8. The van der Waals surface area contributed by atoms with E-state index in [0.717, 1.165) is 44.1 Å². The summed E-state index contributed by atoms with van der Waals surface area (Å²) in [5.74, 6) is 2.66. The van der Waals surface area contributed by atoms with Crippen LogP contribution in [0.3, 0.4) is 0 Å². The molecule has 7 heteroatoms. The van der Waals surface area contributed by atoms with Gasteiger partial charge in [-0.2, -0.15) is 11.8 Å². The van der Waals surface area contributed by atoms with Crippen LogP contribution in [0.2, 0.25) is 10.0 Å². The van der Waals surface area contributed by atoms with Gasteiger partial charge in [-0.15, -0.1) is 0 Å². The van der Waals surface area contributed by atoms with Gasteiger partial charge in [-0.1, -0.05) is 23.2 Å². The fraction of sp³-hybridized carbons (Fsp3) is 0.611. The Bertz CT molecular complexity index is 596. The van der Waals surface area contributed by atoms with Crippen LogP contribution < -0.4 is 4.74 Å². The standard InChI is InChI=1S/C18H24Cl2N2O2S/c19-14-4-5-17(16(20)10-14)24-12-18(23)22-8-3-9-25-13-15(22)11-21-6-1-2-7-21/h4-5,10,15H,1-3,6-9,11-13H2. The van der Waals surface area contributed by atoms with Gasteiger partial charge in [0, 0.05) is 23.9 Å². The second kappa shape index (κ2) is 9.36. The van der Waals surface area contributed by atoms with E-state index in [1.807, 2.05) is 16.7 Å². The van der Waals surface area contributed by atoms with E-state index < -0.39 is 0 Å². The Hall–Kier alpha value is -0.620. The van der Waals surface area contributed by atoms with Crippen LogP contribution in [0.5, 0.6) is 5.75 Å². The highest BCUT2D eigenvalue weighted by Gasteiger charge is 2.28. The normalized spacial score (nSPS) is 22.0. The van der Waals surface area contributed by atoms with Gasteiger partial charge in [-0.25, -0.2) is 0 Å². The first kappa shape index (κ1) is 19.2. The monoisotopic (exact) mass is 402 g/mol. The van der Waals surface area contributed by atoms with Crippen LogP contribution in [-0.4, -0.2) is 66.0 Å². The van der Waals surface area contributed by atoms with Gasteiger partial charge in [-0.3, -0.25) is 4.79 Å². The Morgan fingerprint density at radius 3 is 2.76 bits per heavy atom. The molecule has 2 aliphatic rings. The average molecular weight is 403 g/mol. The summed E-state index contributed by atoms with van der Waals surface area (Å²) in [5, 5.41) is 0.985. The number of thioether (sulfide) groups is 1. The number of carbonyl (C=O) groups excluding carboxylic acids is 1. The number of ether oxygens (including phenoxy) is 1. The van der Waals surface area contributed by atoms with E-state index in [4.69, 9.17) is 27.9 Å². The molecule has 2 saturated heterocycles. The number of nitrogens with zero attached hydrogens (tertiary/aromatic N) is 2. The lowest BCUT2D eigenvalue weighted by atomic mass is 10.2. The molecule has 2 aliphatic heterocycles. The van der Waals surface area contributed by atoms with Gasteiger partial charge in [0.05, 0.1) is 11.1 Å². The molecule has 0 N–H and O–H groups in total. The fourth-order valence-electron chi connectivity index (χ4n) is 3.39. The zero-order chi connectivity index (χ0) is 17.6. The van der Waals surface area contributed by atoms with Crippen LogP contribution in [0, 0.1) is 0 Å². The lowest BCUT2D eigenvalue weighted by Gasteiger charge is -2.32. The summed E-state index contributed by atoms with van der Waals surface area (Å²) in [6, 6.07) is 5.31. The molecule has 2 fully saturated rings. The van der Waals surface area contributed by atoms with Crippen molar-refractivity contribution in [2.24, 2.45) is 0 Å². The van der Waals surface area contributed by atoms with Gasteiger partial charge in [-0.05, 0) is 56.3 Å². The minimum Gasteiger partial charge on any atom is -0.482 e. The van der Waals surface area contributed by atoms with Crippen molar-refractivity contribution in [3.8, 4) is 5.75 Å². The van der Waals surface area contributed by atoms with Crippen LogP contribution in [0.15, 0.2) is 18.2 Å². The van der Waals surface area contributed by atoms with E-state index in [1.165, 1.54) is 12.8 Å². The molecule has 1 aromatic rings. The number of halogens is 2. The van der Waals surface area contributed by atoms with Crippen molar-refractivity contribution in [1.29, 1.82) is 0 Å². The minimum absolute atomic E-state index is 0.0164. The van der Waals surface area contributed by atoms with Crippen LogP contribution in [0.25, 0.3) is 0 Å². The maximum absolute atomic E-state index is 12.8. The van der Waals surface area contributed by atoms with Crippen molar-refractivity contribution in [2.45, 2.75) is 25.3 Å². The van der Waals surface area contributed by atoms with Gasteiger partial charge >= 0.3 is 0 Å². The summed E-state index contributed by atoms with van der Waals surface area (Å²) in [6.45, 7) is 4.10. The molecule has 0 aliphatic carbocycles. The molecule has 4 nitrogen and oxygen atoms in total. The lowest BCUT2D eigenvalue weighted by Crippen LogP contribution is -2.49. The number of hydrogen-bond acceptors (Lipinski definition) is 4. The molecular weight excluding hydrogens is 379 g/mol. The van der Waals surface area contributed by atoms with E-state index in [1.54, 1.807) is 18.2 Å². The highest BCUT2D eigenvalue weighted by molar-refractivity contribution is 7.99. The molecular formula is C18H24Cl2N2O2S. The summed E-state index contributed by atoms with van der Waals surface area (Å²) in [5.41, 5.74) is 0. The molecule has 1 atom stereocenters. The Morgan fingerprint density at radius 1 is 1.20 bits per heavy atom. The van der Waals surface area contributed by atoms with Crippen molar-refractivity contribution in [1.82, 2.24) is 9.80 Å². The number of likely N-dealkylation sites (tertiary alicyclic amines) is 1. The first-order chi connectivity index (χ1) is 12.1. The molecule has 3 rings (SSSR count). The van der Waals surface area contributed by atoms with Gasteiger partial charge in [0.15, 0.2) is 6.61 Å². The second-order valence-electron chi connectivity index (χ2n) is 6.54. The number of benzene rings is 1. The van der Waals surface area contributed by atoms with Crippen molar-refractivity contribution < 1.29 is 9.53 Å². The number of amides is 1. The number of hydrogen-bond donors (Lipinski definition) is 0. The largest absolute Gasteiger partial charge is 0.482 e. The smallest absolute Gasteiger partial charge is 0.260 e. The third-order valence-electron chi connectivity index (χ3n) is 4.67. The zero-order valence-electron chi connectivity index (χ0n) is 14.3. The fourth-order valence-corrected chi connectivity index (χ4v) is 4.91. The van der Waals surface area contributed by atoms with Crippen molar-refractivity contribution in [3.63, 3.8) is 0 Å². The molecule has 0 spiro atoms. The van der Waals surface area contributed by atoms with Gasteiger partial charge in [0.2, 0.25) is 0 Å². The van der Waals surface area contributed by atoms with Crippen LogP contribution in [-0.2, 0) is 4.79 Å². The molecule has 25 heavy (non-hydrogen) atoms. The summed E-state index contributed by atoms with van der Waals surface area (Å²) < 4.78 is 5.66. The quantitative estimate of drug-likeness (QED) is 0.749. The summed E-state index contributed by atoms with van der Waals surface area (Å²) >= 11 is 14.0. The van der Waals surface area contributed by atoms with Gasteiger partial charge in [0.1, 0.15) is 5.75 Å². The first-order valence-corrected chi connectivity index (χ1v) is 10.7. The zero-order valence-corrected chi connectivity index (χ0v) is 16.6. The topological polar surface area (TPSA) is 32.8 Å². The Morgan fingerprint density at radius 2 is 2.00 bits per heavy atom. The molecule has 1 unspecified atom stereocenters. The first-order valence-electron chi connectivity index (χ1n) is 8.81. The predicted octanol–water partition coefficient (Wildman–Crippen LogP) is 3.80. The third kappa shape index (κ3) is 5.43. The Kier molecular flexibility index (Phi) is 7.17. The van der Waals surface area contributed by atoms with Gasteiger partial charge < -0.3 is 14.5 Å². The predicted molar refractivity (Wildman–Crippen MR) is 105 cm³/mol. The Labute approximate surface area is 163 Å². The van der Waals surface area contributed by atoms with Crippen molar-refractivity contribution in [3.05, 3.63) is 28.2 Å². The number of rotatable bonds is 5. The van der Waals surface area contributed by atoms with Crippen molar-refractivity contribution >= 4 is 40.9 Å². The third-order valence-corrected chi connectivity index (χ3v) is 6.40. The van der Waals surface area contributed by atoms with Crippen LogP contribution >= 0.6 is 35.0 Å². The SMILES string of the molecule is O=C(COc1ccc(Cl)cc1Cl)N1CCCSCC1CN1CCCC1. The van der Waals surface area contributed by atoms with Gasteiger partial charge in [0.25, 0.3) is 5.91 Å². The van der Waals surface area contributed by atoms with Crippen molar-refractivity contribution in [2.75, 3.05) is 44.3 Å². The van der Waals surface area contributed by atoms with E-state index in [-0.39, 0.29) is 18.6 Å². The lowest BCUT2D eigenvalue weighted by molar-refractivity contribution is -0.135. The maximum Gasteiger partial charge on any atom is 0.260 e. The molecule has 138 valence electrons. The molecule has 1 aromatic carbocycles. The molecule has 0 radical (unpaired) electrons. The molecule has 1 amide bonds. The molecule has 2 heterocycles. The average Bonchev–Trinajstić information content (AvgIpc) is 2.98. The van der Waals surface area contributed by atoms with E-state index in [9.17, 15) is 4.79 Å². The highest BCUT2D eigenvalue weighted by Crippen LogP contribution is 2.27. The molecule has 0 saturated carbocycles. The number of carbonyl (C=O) groups is 1. The Balaban J connectivity index is 1.60. The minimum atomic E-state index is 0.0164. The summed E-state index contributed by atoms with van der Waals surface area (Å²) in [4.78, 5) is 17.3. The van der Waals surface area contributed by atoms with E-state index in [0.29, 0.717) is 15.8 Å². The van der Waals surface area contributed by atoms with Crippen LogP contribution in [0.1, 0.15) is 19.3 Å². The van der Waals surface area contributed by atoms with Crippen LogP contribution in [0.4, 0.5) is 0 Å². The van der Waals surface area contributed by atoms with E-state index in [2.05, 4.69) is 4.90 Å².